The Kier molecular flexibility index (Phi) is 4.30. The number of aromatic nitrogens is 1. The predicted molar refractivity (Wildman–Crippen MR) is 74.5 cm³/mol. The third-order valence-electron chi connectivity index (χ3n) is 2.63. The highest BCUT2D eigenvalue weighted by atomic mass is 35.5. The van der Waals surface area contributed by atoms with Crippen molar-refractivity contribution in [3.05, 3.63) is 63.4 Å². The molecule has 1 heterocycles. The van der Waals surface area contributed by atoms with Gasteiger partial charge >= 0.3 is 0 Å². The van der Waals surface area contributed by atoms with Crippen LogP contribution in [0.15, 0.2) is 42.7 Å². The van der Waals surface area contributed by atoms with Gasteiger partial charge in [0.2, 0.25) is 0 Å². The minimum absolute atomic E-state index is 0.0118. The Morgan fingerprint density at radius 1 is 1.26 bits per heavy atom. The molecule has 5 nitrogen and oxygen atoms in total. The van der Waals surface area contributed by atoms with E-state index in [9.17, 15) is 10.1 Å². The topological polar surface area (TPSA) is 68.1 Å². The Labute approximate surface area is 115 Å². The second kappa shape index (κ2) is 6.15. The van der Waals surface area contributed by atoms with Crippen molar-refractivity contribution in [2.24, 2.45) is 0 Å². The molecular formula is C13H12ClN3O2. The maximum absolute atomic E-state index is 10.9. The van der Waals surface area contributed by atoms with Gasteiger partial charge in [-0.3, -0.25) is 15.1 Å². The standard InChI is InChI=1S/C13H12ClN3O2/c14-11-1-2-12(13(9-11)17(18)19)16-8-5-10-3-6-15-7-4-10/h1-4,6-7,9,16H,5,8H2. The van der Waals surface area contributed by atoms with E-state index in [1.54, 1.807) is 24.5 Å². The first kappa shape index (κ1) is 13.3. The predicted octanol–water partition coefficient (Wildman–Crippen LogP) is 3.30. The fourth-order valence-corrected chi connectivity index (χ4v) is 1.86. The summed E-state index contributed by atoms with van der Waals surface area (Å²) in [6.45, 7) is 0.604. The molecule has 2 aromatic rings. The fraction of sp³-hybridized carbons (Fsp3) is 0.154. The van der Waals surface area contributed by atoms with Crippen LogP contribution in [0, 0.1) is 10.1 Å². The molecule has 0 aliphatic heterocycles. The van der Waals surface area contributed by atoms with Gasteiger partial charge in [-0.05, 0) is 36.2 Å². The summed E-state index contributed by atoms with van der Waals surface area (Å²) in [7, 11) is 0. The number of rotatable bonds is 5. The molecule has 98 valence electrons. The molecular weight excluding hydrogens is 266 g/mol. The lowest BCUT2D eigenvalue weighted by atomic mass is 10.2. The van der Waals surface area contributed by atoms with Gasteiger partial charge in [0, 0.05) is 30.0 Å². The lowest BCUT2D eigenvalue weighted by Gasteiger charge is -2.07. The zero-order valence-corrected chi connectivity index (χ0v) is 10.8. The summed E-state index contributed by atoms with van der Waals surface area (Å²) in [6, 6.07) is 8.42. The zero-order chi connectivity index (χ0) is 13.7. The molecule has 0 fully saturated rings. The molecule has 0 amide bonds. The summed E-state index contributed by atoms with van der Waals surface area (Å²) in [6.07, 6.45) is 4.21. The number of hydrogen-bond donors (Lipinski definition) is 1. The minimum Gasteiger partial charge on any atom is -0.379 e. The second-order valence-corrected chi connectivity index (χ2v) is 4.39. The van der Waals surface area contributed by atoms with Gasteiger partial charge in [0.05, 0.1) is 4.92 Å². The lowest BCUT2D eigenvalue weighted by Crippen LogP contribution is -2.06. The average molecular weight is 278 g/mol. The summed E-state index contributed by atoms with van der Waals surface area (Å²) in [5, 5.41) is 14.3. The number of nitrogens with one attached hydrogen (secondary N) is 1. The van der Waals surface area contributed by atoms with E-state index in [0.29, 0.717) is 17.3 Å². The number of hydrogen-bond acceptors (Lipinski definition) is 4. The largest absolute Gasteiger partial charge is 0.379 e. The molecule has 2 rings (SSSR count). The summed E-state index contributed by atoms with van der Waals surface area (Å²) in [5.74, 6) is 0. The van der Waals surface area contributed by atoms with Crippen molar-refractivity contribution in [2.45, 2.75) is 6.42 Å². The van der Waals surface area contributed by atoms with E-state index in [1.165, 1.54) is 6.07 Å². The zero-order valence-electron chi connectivity index (χ0n) is 10.0. The van der Waals surface area contributed by atoms with Gasteiger partial charge < -0.3 is 5.32 Å². The highest BCUT2D eigenvalue weighted by Gasteiger charge is 2.13. The Morgan fingerprint density at radius 3 is 2.68 bits per heavy atom. The lowest BCUT2D eigenvalue weighted by molar-refractivity contribution is -0.383. The summed E-state index contributed by atoms with van der Waals surface area (Å²) in [5.41, 5.74) is 1.59. The van der Waals surface area contributed by atoms with Crippen molar-refractivity contribution in [2.75, 3.05) is 11.9 Å². The first-order chi connectivity index (χ1) is 9.16. The van der Waals surface area contributed by atoms with Crippen LogP contribution in [0.25, 0.3) is 0 Å². The Balaban J connectivity index is 2.02. The molecule has 19 heavy (non-hydrogen) atoms. The maximum atomic E-state index is 10.9. The van der Waals surface area contributed by atoms with Crippen molar-refractivity contribution in [1.29, 1.82) is 0 Å². The van der Waals surface area contributed by atoms with Crippen molar-refractivity contribution >= 4 is 23.0 Å². The number of pyridine rings is 1. The van der Waals surface area contributed by atoms with Gasteiger partial charge in [-0.1, -0.05) is 11.6 Å². The van der Waals surface area contributed by atoms with Crippen molar-refractivity contribution in [1.82, 2.24) is 4.98 Å². The Hall–Kier alpha value is -2.14. The van der Waals surface area contributed by atoms with Crippen LogP contribution in [-0.4, -0.2) is 16.5 Å². The van der Waals surface area contributed by atoms with Crippen LogP contribution in [-0.2, 0) is 6.42 Å². The van der Waals surface area contributed by atoms with E-state index in [-0.39, 0.29) is 5.69 Å². The number of nitrogens with zero attached hydrogens (tertiary/aromatic N) is 2. The smallest absolute Gasteiger partial charge is 0.293 e. The number of nitro groups is 1. The number of halogens is 1. The van der Waals surface area contributed by atoms with Crippen LogP contribution < -0.4 is 5.32 Å². The molecule has 0 bridgehead atoms. The van der Waals surface area contributed by atoms with Gasteiger partial charge in [0.15, 0.2) is 0 Å². The normalized spacial score (nSPS) is 10.2. The molecule has 0 aliphatic rings. The molecule has 6 heteroatoms. The van der Waals surface area contributed by atoms with Gasteiger partial charge in [0.25, 0.3) is 5.69 Å². The summed E-state index contributed by atoms with van der Waals surface area (Å²) >= 11 is 5.75. The molecule has 0 saturated heterocycles. The van der Waals surface area contributed by atoms with Gasteiger partial charge in [0.1, 0.15) is 5.69 Å². The number of anilines is 1. The van der Waals surface area contributed by atoms with E-state index in [1.807, 2.05) is 12.1 Å². The minimum atomic E-state index is -0.444. The quantitative estimate of drug-likeness (QED) is 0.672. The van der Waals surface area contributed by atoms with Crippen LogP contribution in [0.2, 0.25) is 5.02 Å². The number of benzene rings is 1. The summed E-state index contributed by atoms with van der Waals surface area (Å²) < 4.78 is 0. The van der Waals surface area contributed by atoms with E-state index >= 15 is 0 Å². The van der Waals surface area contributed by atoms with Gasteiger partial charge in [-0.15, -0.1) is 0 Å². The van der Waals surface area contributed by atoms with E-state index in [4.69, 9.17) is 11.6 Å². The Bertz CT molecular complexity index is 575. The molecule has 1 aromatic heterocycles. The van der Waals surface area contributed by atoms with Crippen LogP contribution in [0.4, 0.5) is 11.4 Å². The van der Waals surface area contributed by atoms with E-state index in [0.717, 1.165) is 12.0 Å². The van der Waals surface area contributed by atoms with Crippen LogP contribution in [0.3, 0.4) is 0 Å². The van der Waals surface area contributed by atoms with Crippen molar-refractivity contribution in [3.8, 4) is 0 Å². The van der Waals surface area contributed by atoms with Crippen molar-refractivity contribution < 1.29 is 4.92 Å². The highest BCUT2D eigenvalue weighted by Crippen LogP contribution is 2.27. The van der Waals surface area contributed by atoms with Gasteiger partial charge in [-0.2, -0.15) is 0 Å². The van der Waals surface area contributed by atoms with Crippen molar-refractivity contribution in [3.63, 3.8) is 0 Å². The van der Waals surface area contributed by atoms with E-state index < -0.39 is 4.92 Å². The summed E-state index contributed by atoms with van der Waals surface area (Å²) in [4.78, 5) is 14.4. The Morgan fingerprint density at radius 2 is 2.00 bits per heavy atom. The molecule has 0 saturated carbocycles. The maximum Gasteiger partial charge on any atom is 0.293 e. The highest BCUT2D eigenvalue weighted by molar-refractivity contribution is 6.30. The fourth-order valence-electron chi connectivity index (χ4n) is 1.70. The molecule has 0 radical (unpaired) electrons. The third kappa shape index (κ3) is 3.66. The molecule has 0 atom stereocenters. The first-order valence-electron chi connectivity index (χ1n) is 5.73. The van der Waals surface area contributed by atoms with Gasteiger partial charge in [-0.25, -0.2) is 0 Å². The molecule has 0 aliphatic carbocycles. The molecule has 0 unspecified atom stereocenters. The average Bonchev–Trinajstić information content (AvgIpc) is 2.41. The van der Waals surface area contributed by atoms with E-state index in [2.05, 4.69) is 10.3 Å². The monoisotopic (exact) mass is 277 g/mol. The SMILES string of the molecule is O=[N+]([O-])c1cc(Cl)ccc1NCCc1ccncc1. The molecule has 0 spiro atoms. The van der Waals surface area contributed by atoms with Crippen LogP contribution >= 0.6 is 11.6 Å². The molecule has 1 aromatic carbocycles. The van der Waals surface area contributed by atoms with Crippen LogP contribution in [0.5, 0.6) is 0 Å². The second-order valence-electron chi connectivity index (χ2n) is 3.95. The third-order valence-corrected chi connectivity index (χ3v) is 2.87. The molecule has 1 N–H and O–H groups in total. The first-order valence-corrected chi connectivity index (χ1v) is 6.11. The van der Waals surface area contributed by atoms with Crippen LogP contribution in [0.1, 0.15) is 5.56 Å². The number of nitro benzene ring substituents is 1.